The highest BCUT2D eigenvalue weighted by molar-refractivity contribution is 5.91. The van der Waals surface area contributed by atoms with Gasteiger partial charge in [0.15, 0.2) is 5.82 Å². The Labute approximate surface area is 194 Å². The molecule has 172 valence electrons. The molecule has 0 atom stereocenters. The SMILES string of the molecule is CCCCCNC(=O)C1CCN(C(=O)c2nc(-c3ccccc3)n(-c3ccccc3)n2)CC1. The third kappa shape index (κ3) is 5.48. The van der Waals surface area contributed by atoms with Crippen LogP contribution in [0.25, 0.3) is 17.1 Å². The van der Waals surface area contributed by atoms with E-state index in [4.69, 9.17) is 0 Å². The van der Waals surface area contributed by atoms with Crippen LogP contribution in [0, 0.1) is 5.92 Å². The number of likely N-dealkylation sites (tertiary alicyclic amines) is 1. The van der Waals surface area contributed by atoms with Crippen molar-refractivity contribution in [3.63, 3.8) is 0 Å². The second-order valence-corrected chi connectivity index (χ2v) is 8.44. The molecule has 0 radical (unpaired) electrons. The smallest absolute Gasteiger partial charge is 0.293 e. The Morgan fingerprint density at radius 3 is 2.30 bits per heavy atom. The molecule has 7 nitrogen and oxygen atoms in total. The van der Waals surface area contributed by atoms with Gasteiger partial charge in [-0.15, -0.1) is 5.10 Å². The van der Waals surface area contributed by atoms with E-state index in [1.807, 2.05) is 60.7 Å². The van der Waals surface area contributed by atoms with Gasteiger partial charge in [-0.1, -0.05) is 68.3 Å². The van der Waals surface area contributed by atoms with Crippen molar-refractivity contribution in [2.45, 2.75) is 39.0 Å². The van der Waals surface area contributed by atoms with Crippen LogP contribution in [0.15, 0.2) is 60.7 Å². The summed E-state index contributed by atoms with van der Waals surface area (Å²) >= 11 is 0. The lowest BCUT2D eigenvalue weighted by molar-refractivity contribution is -0.126. The molecule has 0 spiro atoms. The zero-order chi connectivity index (χ0) is 23.0. The van der Waals surface area contributed by atoms with Gasteiger partial charge in [0.05, 0.1) is 5.69 Å². The van der Waals surface area contributed by atoms with Gasteiger partial charge < -0.3 is 10.2 Å². The van der Waals surface area contributed by atoms with Crippen molar-refractivity contribution >= 4 is 11.8 Å². The molecule has 4 rings (SSSR count). The molecule has 1 aromatic heterocycles. The van der Waals surface area contributed by atoms with Gasteiger partial charge in [-0.3, -0.25) is 9.59 Å². The first-order valence-corrected chi connectivity index (χ1v) is 11.8. The highest BCUT2D eigenvalue weighted by Crippen LogP contribution is 2.23. The number of hydrogen-bond acceptors (Lipinski definition) is 4. The van der Waals surface area contributed by atoms with Crippen LogP contribution >= 0.6 is 0 Å². The minimum absolute atomic E-state index is 0.0367. The van der Waals surface area contributed by atoms with Crippen LogP contribution in [-0.2, 0) is 4.79 Å². The Bertz CT molecular complexity index is 1000. The minimum Gasteiger partial charge on any atom is -0.356 e. The summed E-state index contributed by atoms with van der Waals surface area (Å²) in [7, 11) is 0. The molecular weight excluding hydrogens is 414 g/mol. The van der Waals surface area contributed by atoms with Crippen molar-refractivity contribution < 1.29 is 9.59 Å². The molecule has 1 aliphatic heterocycles. The van der Waals surface area contributed by atoms with Gasteiger partial charge in [0.1, 0.15) is 0 Å². The Kier molecular flexibility index (Phi) is 7.50. The van der Waals surface area contributed by atoms with Gasteiger partial charge >= 0.3 is 0 Å². The van der Waals surface area contributed by atoms with Gasteiger partial charge in [0.25, 0.3) is 5.91 Å². The summed E-state index contributed by atoms with van der Waals surface area (Å²) in [6, 6.07) is 19.5. The zero-order valence-electron chi connectivity index (χ0n) is 19.1. The summed E-state index contributed by atoms with van der Waals surface area (Å²) in [5.74, 6) is 0.691. The van der Waals surface area contributed by atoms with E-state index < -0.39 is 0 Å². The summed E-state index contributed by atoms with van der Waals surface area (Å²) in [6.07, 6.45) is 4.60. The number of aromatic nitrogens is 3. The summed E-state index contributed by atoms with van der Waals surface area (Å²) in [5, 5.41) is 7.62. The van der Waals surface area contributed by atoms with Crippen LogP contribution in [0.2, 0.25) is 0 Å². The van der Waals surface area contributed by atoms with Gasteiger partial charge in [-0.05, 0) is 31.4 Å². The monoisotopic (exact) mass is 445 g/mol. The lowest BCUT2D eigenvalue weighted by atomic mass is 9.95. The Morgan fingerprint density at radius 1 is 0.970 bits per heavy atom. The molecule has 1 saturated heterocycles. The van der Waals surface area contributed by atoms with E-state index in [2.05, 4.69) is 22.3 Å². The molecule has 0 saturated carbocycles. The fourth-order valence-electron chi connectivity index (χ4n) is 4.14. The van der Waals surface area contributed by atoms with E-state index in [9.17, 15) is 9.59 Å². The second-order valence-electron chi connectivity index (χ2n) is 8.44. The fourth-order valence-corrected chi connectivity index (χ4v) is 4.14. The van der Waals surface area contributed by atoms with Crippen LogP contribution in [0.1, 0.15) is 49.6 Å². The summed E-state index contributed by atoms with van der Waals surface area (Å²) in [6.45, 7) is 3.95. The number of hydrogen-bond donors (Lipinski definition) is 1. The number of carbonyl (C=O) groups excluding carboxylic acids is 2. The molecule has 7 heteroatoms. The molecule has 1 N–H and O–H groups in total. The van der Waals surface area contributed by atoms with Crippen molar-refractivity contribution in [1.82, 2.24) is 25.0 Å². The average Bonchev–Trinajstić information content (AvgIpc) is 3.33. The van der Waals surface area contributed by atoms with Crippen LogP contribution < -0.4 is 5.32 Å². The molecule has 0 unspecified atom stereocenters. The van der Waals surface area contributed by atoms with Crippen molar-refractivity contribution in [2.75, 3.05) is 19.6 Å². The number of nitrogens with one attached hydrogen (secondary N) is 1. The molecule has 2 heterocycles. The number of benzene rings is 2. The standard InChI is InChI=1S/C26H31N5O2/c1-2-3-10-17-27-25(32)21-15-18-30(19-16-21)26(33)23-28-24(20-11-6-4-7-12-20)31(29-23)22-13-8-5-9-14-22/h4-9,11-14,21H,2-3,10,15-19H2,1H3,(H,27,32). The largest absolute Gasteiger partial charge is 0.356 e. The molecule has 2 aromatic carbocycles. The molecule has 0 aliphatic carbocycles. The van der Waals surface area contributed by atoms with Crippen molar-refractivity contribution in [1.29, 1.82) is 0 Å². The quantitative estimate of drug-likeness (QED) is 0.530. The first-order valence-electron chi connectivity index (χ1n) is 11.8. The second kappa shape index (κ2) is 10.9. The lowest BCUT2D eigenvalue weighted by Crippen LogP contribution is -2.43. The maximum Gasteiger partial charge on any atom is 0.293 e. The van der Waals surface area contributed by atoms with Crippen LogP contribution in [0.5, 0.6) is 0 Å². The Balaban J connectivity index is 1.46. The lowest BCUT2D eigenvalue weighted by Gasteiger charge is -2.30. The van der Waals surface area contributed by atoms with E-state index in [0.29, 0.717) is 31.8 Å². The summed E-state index contributed by atoms with van der Waals surface area (Å²) in [4.78, 5) is 32.1. The van der Waals surface area contributed by atoms with Crippen LogP contribution in [-0.4, -0.2) is 51.1 Å². The van der Waals surface area contributed by atoms with E-state index >= 15 is 0 Å². The molecule has 1 fully saturated rings. The number of rotatable bonds is 8. The van der Waals surface area contributed by atoms with Gasteiger partial charge in [-0.25, -0.2) is 9.67 Å². The van der Waals surface area contributed by atoms with Crippen molar-refractivity contribution in [3.8, 4) is 17.1 Å². The minimum atomic E-state index is -0.191. The van der Waals surface area contributed by atoms with E-state index in [-0.39, 0.29) is 23.6 Å². The van der Waals surface area contributed by atoms with E-state index in [0.717, 1.165) is 37.1 Å². The summed E-state index contributed by atoms with van der Waals surface area (Å²) in [5.41, 5.74) is 1.74. The predicted octanol–water partition coefficient (Wildman–Crippen LogP) is 4.09. The molecule has 2 amide bonds. The van der Waals surface area contributed by atoms with E-state index in [1.54, 1.807) is 9.58 Å². The Morgan fingerprint density at radius 2 is 1.64 bits per heavy atom. The molecule has 1 aliphatic rings. The van der Waals surface area contributed by atoms with E-state index in [1.165, 1.54) is 0 Å². The van der Waals surface area contributed by atoms with Crippen LogP contribution in [0.3, 0.4) is 0 Å². The maximum atomic E-state index is 13.2. The number of nitrogens with zero attached hydrogens (tertiary/aromatic N) is 4. The topological polar surface area (TPSA) is 80.1 Å². The predicted molar refractivity (Wildman–Crippen MR) is 128 cm³/mol. The number of carbonyl (C=O) groups is 2. The van der Waals surface area contributed by atoms with Crippen LogP contribution in [0.4, 0.5) is 0 Å². The maximum absolute atomic E-state index is 13.2. The normalized spacial score (nSPS) is 14.3. The number of piperidine rings is 1. The molecule has 3 aromatic rings. The number of para-hydroxylation sites is 1. The zero-order valence-corrected chi connectivity index (χ0v) is 19.1. The average molecular weight is 446 g/mol. The van der Waals surface area contributed by atoms with Gasteiger partial charge in [0, 0.05) is 31.1 Å². The summed E-state index contributed by atoms with van der Waals surface area (Å²) < 4.78 is 1.72. The van der Waals surface area contributed by atoms with Gasteiger partial charge in [0.2, 0.25) is 11.7 Å². The van der Waals surface area contributed by atoms with Gasteiger partial charge in [-0.2, -0.15) is 0 Å². The highest BCUT2D eigenvalue weighted by atomic mass is 16.2. The van der Waals surface area contributed by atoms with Crippen molar-refractivity contribution in [3.05, 3.63) is 66.5 Å². The number of unbranched alkanes of at least 4 members (excludes halogenated alkanes) is 2. The molecule has 0 bridgehead atoms. The third-order valence-corrected chi connectivity index (χ3v) is 6.06. The Hall–Kier alpha value is -3.48. The first-order chi connectivity index (χ1) is 16.2. The fraction of sp³-hybridized carbons (Fsp3) is 0.385. The molecule has 33 heavy (non-hydrogen) atoms. The molecular formula is C26H31N5O2. The highest BCUT2D eigenvalue weighted by Gasteiger charge is 2.30. The third-order valence-electron chi connectivity index (χ3n) is 6.06. The number of amides is 2. The van der Waals surface area contributed by atoms with Crippen molar-refractivity contribution in [2.24, 2.45) is 5.92 Å². The first kappa shape index (κ1) is 22.7.